The maximum Gasteiger partial charge on any atom is 0.0552 e. The molecule has 1 heterocycles. The smallest absolute Gasteiger partial charge is 0.0552 e. The number of aryl methyl sites for hydroxylation is 1. The molecule has 0 amide bonds. The van der Waals surface area contributed by atoms with Gasteiger partial charge >= 0.3 is 0 Å². The molecule has 1 aromatic carbocycles. The number of anilines is 1. The lowest BCUT2D eigenvalue weighted by Crippen LogP contribution is -2.44. The van der Waals surface area contributed by atoms with Gasteiger partial charge in [0.15, 0.2) is 0 Å². The lowest BCUT2D eigenvalue weighted by Gasteiger charge is -2.35. The summed E-state index contributed by atoms with van der Waals surface area (Å²) >= 11 is 0. The van der Waals surface area contributed by atoms with E-state index < -0.39 is 0 Å². The summed E-state index contributed by atoms with van der Waals surface area (Å²) in [5.41, 5.74) is 2.90. The second-order valence-corrected chi connectivity index (χ2v) is 5.69. The Morgan fingerprint density at radius 2 is 2.26 bits per heavy atom. The predicted octanol–water partition coefficient (Wildman–Crippen LogP) is 2.45. The minimum atomic E-state index is 0.258. The molecule has 2 rings (SSSR count). The van der Waals surface area contributed by atoms with Crippen molar-refractivity contribution < 1.29 is 4.74 Å². The first-order valence-corrected chi connectivity index (χ1v) is 7.23. The molecule has 1 atom stereocenters. The van der Waals surface area contributed by atoms with Gasteiger partial charge in [-0.15, -0.1) is 0 Å². The average molecular weight is 262 g/mol. The minimum Gasteiger partial charge on any atom is -0.381 e. The van der Waals surface area contributed by atoms with Gasteiger partial charge in [0.1, 0.15) is 0 Å². The molecule has 1 aromatic rings. The first-order valence-electron chi connectivity index (χ1n) is 7.23. The number of ether oxygens (including phenoxy) is 1. The number of rotatable bonds is 6. The first kappa shape index (κ1) is 14.4. The van der Waals surface area contributed by atoms with E-state index in [1.165, 1.54) is 11.3 Å². The van der Waals surface area contributed by atoms with E-state index in [4.69, 9.17) is 4.74 Å². The molecule has 1 aliphatic rings. The molecule has 1 unspecified atom stereocenters. The second kappa shape index (κ2) is 6.40. The van der Waals surface area contributed by atoms with Crippen LogP contribution in [0.4, 0.5) is 5.69 Å². The van der Waals surface area contributed by atoms with Gasteiger partial charge in [0.25, 0.3) is 0 Å². The van der Waals surface area contributed by atoms with Crippen molar-refractivity contribution in [2.24, 2.45) is 5.41 Å². The Hall–Kier alpha value is -1.06. The lowest BCUT2D eigenvalue weighted by atomic mass is 9.86. The van der Waals surface area contributed by atoms with Crippen LogP contribution in [0.2, 0.25) is 0 Å². The summed E-state index contributed by atoms with van der Waals surface area (Å²) in [6, 6.07) is 8.77. The van der Waals surface area contributed by atoms with Gasteiger partial charge < -0.3 is 15.0 Å². The molecule has 0 bridgehead atoms. The molecule has 3 heteroatoms. The Balaban J connectivity index is 2.13. The van der Waals surface area contributed by atoms with Crippen molar-refractivity contribution in [3.05, 3.63) is 29.8 Å². The van der Waals surface area contributed by atoms with Crippen LogP contribution in [0.5, 0.6) is 0 Å². The van der Waals surface area contributed by atoms with Crippen molar-refractivity contribution in [3.63, 3.8) is 0 Å². The summed E-state index contributed by atoms with van der Waals surface area (Å²) in [6.07, 6.45) is 1.15. The molecule has 1 saturated heterocycles. The topological polar surface area (TPSA) is 24.5 Å². The summed E-state index contributed by atoms with van der Waals surface area (Å²) in [5.74, 6) is 0. The van der Waals surface area contributed by atoms with E-state index in [2.05, 4.69) is 48.3 Å². The lowest BCUT2D eigenvalue weighted by molar-refractivity contribution is 0.153. The molecule has 3 nitrogen and oxygen atoms in total. The Morgan fingerprint density at radius 1 is 1.42 bits per heavy atom. The highest BCUT2D eigenvalue weighted by Gasteiger charge is 2.35. The number of hydrogen-bond acceptors (Lipinski definition) is 3. The molecule has 0 radical (unpaired) electrons. The maximum atomic E-state index is 5.65. The third-order valence-corrected chi connectivity index (χ3v) is 4.01. The number of nitrogens with one attached hydrogen (secondary N) is 1. The van der Waals surface area contributed by atoms with Crippen molar-refractivity contribution in [2.45, 2.75) is 20.3 Å². The van der Waals surface area contributed by atoms with Gasteiger partial charge in [-0.2, -0.15) is 0 Å². The van der Waals surface area contributed by atoms with Gasteiger partial charge in [-0.25, -0.2) is 0 Å². The van der Waals surface area contributed by atoms with Crippen LogP contribution in [0.3, 0.4) is 0 Å². The zero-order valence-electron chi connectivity index (χ0n) is 12.4. The Labute approximate surface area is 116 Å². The van der Waals surface area contributed by atoms with Crippen LogP contribution in [0.15, 0.2) is 24.3 Å². The number of nitrogens with zero attached hydrogens (tertiary/aromatic N) is 1. The third-order valence-electron chi connectivity index (χ3n) is 4.01. The Kier molecular flexibility index (Phi) is 4.83. The monoisotopic (exact) mass is 262 g/mol. The van der Waals surface area contributed by atoms with Crippen molar-refractivity contribution >= 4 is 5.69 Å². The van der Waals surface area contributed by atoms with Gasteiger partial charge in [0, 0.05) is 37.3 Å². The van der Waals surface area contributed by atoms with Crippen LogP contribution in [-0.4, -0.2) is 39.9 Å². The standard InChI is InChI=1S/C16H26N2O/c1-4-18(15-7-5-6-14(2)10-15)12-16(11-17-3)8-9-19-13-16/h5-7,10,17H,4,8-9,11-13H2,1-3H3. The van der Waals surface area contributed by atoms with Crippen LogP contribution in [-0.2, 0) is 4.74 Å². The van der Waals surface area contributed by atoms with Gasteiger partial charge in [-0.05, 0) is 45.0 Å². The van der Waals surface area contributed by atoms with Crippen LogP contribution in [0, 0.1) is 12.3 Å². The summed E-state index contributed by atoms with van der Waals surface area (Å²) in [7, 11) is 2.03. The van der Waals surface area contributed by atoms with E-state index in [9.17, 15) is 0 Å². The van der Waals surface area contributed by atoms with Crippen LogP contribution in [0.25, 0.3) is 0 Å². The quantitative estimate of drug-likeness (QED) is 0.852. The van der Waals surface area contributed by atoms with Crippen LogP contribution >= 0.6 is 0 Å². The largest absolute Gasteiger partial charge is 0.381 e. The van der Waals surface area contributed by atoms with E-state index >= 15 is 0 Å². The second-order valence-electron chi connectivity index (χ2n) is 5.69. The highest BCUT2D eigenvalue weighted by molar-refractivity contribution is 5.48. The summed E-state index contributed by atoms with van der Waals surface area (Å²) in [4.78, 5) is 2.47. The zero-order chi connectivity index (χ0) is 13.7. The maximum absolute atomic E-state index is 5.65. The van der Waals surface area contributed by atoms with Gasteiger partial charge in [0.05, 0.1) is 6.61 Å². The molecule has 0 aromatic heterocycles. The van der Waals surface area contributed by atoms with Gasteiger partial charge in [0.2, 0.25) is 0 Å². The van der Waals surface area contributed by atoms with E-state index in [1.54, 1.807) is 0 Å². The number of hydrogen-bond donors (Lipinski definition) is 1. The molecular formula is C16H26N2O. The van der Waals surface area contributed by atoms with Crippen molar-refractivity contribution in [1.82, 2.24) is 5.32 Å². The molecule has 0 saturated carbocycles. The summed E-state index contributed by atoms with van der Waals surface area (Å²) in [6.45, 7) is 9.27. The average Bonchev–Trinajstić information content (AvgIpc) is 2.85. The molecule has 1 aliphatic heterocycles. The summed E-state index contributed by atoms with van der Waals surface area (Å²) < 4.78 is 5.65. The van der Waals surface area contributed by atoms with Crippen LogP contribution < -0.4 is 10.2 Å². The van der Waals surface area contributed by atoms with Gasteiger partial charge in [-0.1, -0.05) is 12.1 Å². The molecule has 1 fully saturated rings. The fourth-order valence-electron chi connectivity index (χ4n) is 2.96. The highest BCUT2D eigenvalue weighted by atomic mass is 16.5. The Bertz CT molecular complexity index is 399. The van der Waals surface area contributed by atoms with E-state index in [0.29, 0.717) is 0 Å². The Morgan fingerprint density at radius 3 is 2.84 bits per heavy atom. The third kappa shape index (κ3) is 3.48. The molecule has 0 spiro atoms. The molecule has 1 N–H and O–H groups in total. The molecule has 19 heavy (non-hydrogen) atoms. The van der Waals surface area contributed by atoms with E-state index in [-0.39, 0.29) is 5.41 Å². The van der Waals surface area contributed by atoms with E-state index in [0.717, 1.165) is 39.3 Å². The van der Waals surface area contributed by atoms with Crippen molar-refractivity contribution in [2.75, 3.05) is 44.8 Å². The normalized spacial score (nSPS) is 22.7. The van der Waals surface area contributed by atoms with E-state index in [1.807, 2.05) is 7.05 Å². The number of benzene rings is 1. The van der Waals surface area contributed by atoms with Gasteiger partial charge in [-0.3, -0.25) is 0 Å². The zero-order valence-corrected chi connectivity index (χ0v) is 12.4. The molecule has 106 valence electrons. The van der Waals surface area contributed by atoms with Crippen molar-refractivity contribution in [1.29, 1.82) is 0 Å². The fourth-order valence-corrected chi connectivity index (χ4v) is 2.96. The molecular weight excluding hydrogens is 236 g/mol. The highest BCUT2D eigenvalue weighted by Crippen LogP contribution is 2.31. The minimum absolute atomic E-state index is 0.258. The first-order chi connectivity index (χ1) is 9.19. The van der Waals surface area contributed by atoms with Crippen molar-refractivity contribution in [3.8, 4) is 0 Å². The predicted molar refractivity (Wildman–Crippen MR) is 80.9 cm³/mol. The van der Waals surface area contributed by atoms with Crippen LogP contribution in [0.1, 0.15) is 18.9 Å². The molecule has 0 aliphatic carbocycles. The summed E-state index contributed by atoms with van der Waals surface area (Å²) in [5, 5.41) is 3.34. The fraction of sp³-hybridized carbons (Fsp3) is 0.625. The SMILES string of the molecule is CCN(CC1(CNC)CCOC1)c1cccc(C)c1.